The molecule has 1 heterocycles. The molecule has 2 aromatic rings. The van der Waals surface area contributed by atoms with Crippen LogP contribution in [0.15, 0.2) is 42.5 Å². The van der Waals surface area contributed by atoms with Crippen LogP contribution in [0.25, 0.3) is 0 Å². The number of ether oxygens (including phenoxy) is 1. The highest BCUT2D eigenvalue weighted by molar-refractivity contribution is 6.30. The summed E-state index contributed by atoms with van der Waals surface area (Å²) in [4.78, 5) is 0. The number of hydrogen-bond acceptors (Lipinski definition) is 2. The molecule has 0 fully saturated rings. The Labute approximate surface area is 128 Å². The lowest BCUT2D eigenvalue weighted by molar-refractivity contribution is 0.252. The highest BCUT2D eigenvalue weighted by Crippen LogP contribution is 2.34. The van der Waals surface area contributed by atoms with Crippen LogP contribution in [0.3, 0.4) is 0 Å². The van der Waals surface area contributed by atoms with Gasteiger partial charge in [0.15, 0.2) is 0 Å². The number of halogens is 2. The predicted octanol–water partition coefficient (Wildman–Crippen LogP) is 4.61. The van der Waals surface area contributed by atoms with Gasteiger partial charge in [-0.1, -0.05) is 35.3 Å². The van der Waals surface area contributed by atoms with Gasteiger partial charge in [-0.25, -0.2) is 0 Å². The summed E-state index contributed by atoms with van der Waals surface area (Å²) in [6.45, 7) is 1.53. The SMILES string of the molecule is Clc1ccc(CNC2CCOc3ccc(Cl)cc32)cc1. The van der Waals surface area contributed by atoms with Gasteiger partial charge in [-0.2, -0.15) is 0 Å². The van der Waals surface area contributed by atoms with Crippen molar-refractivity contribution in [3.05, 3.63) is 63.6 Å². The first-order valence-electron chi connectivity index (χ1n) is 6.62. The Morgan fingerprint density at radius 2 is 1.80 bits per heavy atom. The molecule has 20 heavy (non-hydrogen) atoms. The van der Waals surface area contributed by atoms with E-state index in [2.05, 4.69) is 5.32 Å². The topological polar surface area (TPSA) is 21.3 Å². The summed E-state index contributed by atoms with van der Waals surface area (Å²) >= 11 is 12.0. The molecular weight excluding hydrogens is 293 g/mol. The van der Waals surface area contributed by atoms with E-state index in [-0.39, 0.29) is 6.04 Å². The molecule has 2 nitrogen and oxygen atoms in total. The van der Waals surface area contributed by atoms with Crippen LogP contribution in [-0.4, -0.2) is 6.61 Å². The Balaban J connectivity index is 1.73. The largest absolute Gasteiger partial charge is 0.493 e. The molecule has 1 atom stereocenters. The van der Waals surface area contributed by atoms with E-state index in [1.165, 1.54) is 5.56 Å². The van der Waals surface area contributed by atoms with Gasteiger partial charge in [-0.15, -0.1) is 0 Å². The van der Waals surface area contributed by atoms with Gasteiger partial charge >= 0.3 is 0 Å². The Bertz CT molecular complexity index is 598. The standard InChI is InChI=1S/C16H15Cl2NO/c17-12-3-1-11(2-4-12)10-19-15-7-8-20-16-6-5-13(18)9-14(15)16/h1-6,9,15,19H,7-8,10H2. The van der Waals surface area contributed by atoms with E-state index in [1.807, 2.05) is 42.5 Å². The Morgan fingerprint density at radius 1 is 1.05 bits per heavy atom. The predicted molar refractivity (Wildman–Crippen MR) is 82.6 cm³/mol. The number of rotatable bonds is 3. The maximum atomic E-state index is 6.08. The lowest BCUT2D eigenvalue weighted by atomic mass is 10.0. The van der Waals surface area contributed by atoms with Gasteiger partial charge in [0.2, 0.25) is 0 Å². The smallest absolute Gasteiger partial charge is 0.124 e. The maximum Gasteiger partial charge on any atom is 0.124 e. The summed E-state index contributed by atoms with van der Waals surface area (Å²) in [7, 11) is 0. The lowest BCUT2D eigenvalue weighted by Gasteiger charge is -2.27. The van der Waals surface area contributed by atoms with Crippen molar-refractivity contribution in [2.75, 3.05) is 6.61 Å². The van der Waals surface area contributed by atoms with E-state index in [4.69, 9.17) is 27.9 Å². The van der Waals surface area contributed by atoms with Gasteiger partial charge in [0.1, 0.15) is 5.75 Å². The molecule has 0 saturated heterocycles. The van der Waals surface area contributed by atoms with Crippen molar-refractivity contribution in [1.82, 2.24) is 5.32 Å². The first kappa shape index (κ1) is 13.7. The molecule has 0 aromatic heterocycles. The van der Waals surface area contributed by atoms with Crippen LogP contribution in [0.2, 0.25) is 10.0 Å². The molecular formula is C16H15Cl2NO. The third-order valence-electron chi connectivity index (χ3n) is 3.48. The highest BCUT2D eigenvalue weighted by Gasteiger charge is 2.21. The van der Waals surface area contributed by atoms with Gasteiger partial charge in [-0.3, -0.25) is 0 Å². The summed E-state index contributed by atoms with van der Waals surface area (Å²) in [5.41, 5.74) is 2.35. The van der Waals surface area contributed by atoms with Crippen LogP contribution in [0, 0.1) is 0 Å². The lowest BCUT2D eigenvalue weighted by Crippen LogP contribution is -2.26. The minimum absolute atomic E-state index is 0.271. The molecule has 104 valence electrons. The van der Waals surface area contributed by atoms with Crippen molar-refractivity contribution in [1.29, 1.82) is 0 Å². The van der Waals surface area contributed by atoms with E-state index in [1.54, 1.807) is 0 Å². The van der Waals surface area contributed by atoms with E-state index in [0.29, 0.717) is 0 Å². The van der Waals surface area contributed by atoms with Crippen LogP contribution in [-0.2, 0) is 6.54 Å². The van der Waals surface area contributed by atoms with Crippen LogP contribution >= 0.6 is 23.2 Å². The molecule has 3 rings (SSSR count). The van der Waals surface area contributed by atoms with Crippen molar-refractivity contribution in [3.8, 4) is 5.75 Å². The zero-order valence-corrected chi connectivity index (χ0v) is 12.4. The molecule has 0 amide bonds. The second-order valence-electron chi connectivity index (χ2n) is 4.88. The van der Waals surface area contributed by atoms with Crippen LogP contribution in [0.5, 0.6) is 5.75 Å². The molecule has 2 aromatic carbocycles. The van der Waals surface area contributed by atoms with Gasteiger partial charge in [0.05, 0.1) is 6.61 Å². The molecule has 1 aliphatic rings. The number of hydrogen-bond donors (Lipinski definition) is 1. The molecule has 1 aliphatic heterocycles. The molecule has 0 bridgehead atoms. The highest BCUT2D eigenvalue weighted by atomic mass is 35.5. The fourth-order valence-electron chi connectivity index (χ4n) is 2.42. The molecule has 4 heteroatoms. The van der Waals surface area contributed by atoms with E-state index >= 15 is 0 Å². The Hall–Kier alpha value is -1.22. The van der Waals surface area contributed by atoms with Gasteiger partial charge < -0.3 is 10.1 Å². The summed E-state index contributed by atoms with van der Waals surface area (Å²) in [5.74, 6) is 0.925. The fraction of sp³-hybridized carbons (Fsp3) is 0.250. The van der Waals surface area contributed by atoms with Crippen molar-refractivity contribution in [2.45, 2.75) is 19.0 Å². The van der Waals surface area contributed by atoms with E-state index in [0.717, 1.165) is 40.9 Å². The first-order chi connectivity index (χ1) is 9.72. The average Bonchev–Trinajstić information content (AvgIpc) is 2.47. The minimum atomic E-state index is 0.271. The van der Waals surface area contributed by atoms with Crippen molar-refractivity contribution in [3.63, 3.8) is 0 Å². The molecule has 1 unspecified atom stereocenters. The zero-order valence-electron chi connectivity index (χ0n) is 10.9. The Morgan fingerprint density at radius 3 is 2.60 bits per heavy atom. The summed E-state index contributed by atoms with van der Waals surface area (Å²) in [5, 5.41) is 5.06. The molecule has 0 spiro atoms. The Kier molecular flexibility index (Phi) is 4.16. The normalized spacial score (nSPS) is 17.4. The summed E-state index contributed by atoms with van der Waals surface area (Å²) in [6, 6.07) is 13.9. The van der Waals surface area contributed by atoms with Gasteiger partial charge in [0.25, 0.3) is 0 Å². The van der Waals surface area contributed by atoms with Gasteiger partial charge in [0, 0.05) is 34.6 Å². The van der Waals surface area contributed by atoms with Crippen molar-refractivity contribution in [2.24, 2.45) is 0 Å². The summed E-state index contributed by atoms with van der Waals surface area (Å²) < 4.78 is 5.66. The van der Waals surface area contributed by atoms with Crippen LogP contribution < -0.4 is 10.1 Å². The van der Waals surface area contributed by atoms with Gasteiger partial charge in [-0.05, 0) is 35.9 Å². The number of fused-ring (bicyclic) bond motifs is 1. The molecule has 1 N–H and O–H groups in total. The first-order valence-corrected chi connectivity index (χ1v) is 7.38. The van der Waals surface area contributed by atoms with Crippen LogP contribution in [0.4, 0.5) is 0 Å². The minimum Gasteiger partial charge on any atom is -0.493 e. The van der Waals surface area contributed by atoms with E-state index in [9.17, 15) is 0 Å². The third kappa shape index (κ3) is 3.09. The van der Waals surface area contributed by atoms with Crippen molar-refractivity contribution < 1.29 is 4.74 Å². The molecule has 0 aliphatic carbocycles. The maximum absolute atomic E-state index is 6.08. The van der Waals surface area contributed by atoms with Crippen molar-refractivity contribution >= 4 is 23.2 Å². The fourth-order valence-corrected chi connectivity index (χ4v) is 2.73. The second-order valence-corrected chi connectivity index (χ2v) is 5.75. The third-order valence-corrected chi connectivity index (χ3v) is 3.96. The number of nitrogens with one attached hydrogen (secondary N) is 1. The second kappa shape index (κ2) is 6.04. The zero-order chi connectivity index (χ0) is 13.9. The average molecular weight is 308 g/mol. The van der Waals surface area contributed by atoms with E-state index < -0.39 is 0 Å². The molecule has 0 radical (unpaired) electrons. The quantitative estimate of drug-likeness (QED) is 0.894. The molecule has 0 saturated carbocycles. The summed E-state index contributed by atoms with van der Waals surface area (Å²) in [6.07, 6.45) is 0.945. The number of benzene rings is 2. The van der Waals surface area contributed by atoms with Crippen LogP contribution in [0.1, 0.15) is 23.6 Å². The monoisotopic (exact) mass is 307 g/mol.